The Balaban J connectivity index is 2.05. The number of oxazole rings is 1. The van der Waals surface area contributed by atoms with Gasteiger partial charge in [0.2, 0.25) is 0 Å². The van der Waals surface area contributed by atoms with Gasteiger partial charge in [-0.25, -0.2) is 4.98 Å². The van der Waals surface area contributed by atoms with Gasteiger partial charge in [0, 0.05) is 12.5 Å². The summed E-state index contributed by atoms with van der Waals surface area (Å²) in [6.45, 7) is 3.51. The summed E-state index contributed by atoms with van der Waals surface area (Å²) in [7, 11) is 0. The maximum atomic E-state index is 10.8. The molecule has 1 aromatic rings. The Morgan fingerprint density at radius 1 is 1.79 bits per heavy atom. The van der Waals surface area contributed by atoms with Crippen LogP contribution in [0.1, 0.15) is 30.9 Å². The molecule has 1 fully saturated rings. The molecule has 14 heavy (non-hydrogen) atoms. The number of Topliss-reactive ketones (excluding diaryl/α,β-unsaturated/α-hetero) is 1. The second-order valence-electron chi connectivity index (χ2n) is 3.73. The van der Waals surface area contributed by atoms with Gasteiger partial charge >= 0.3 is 0 Å². The fourth-order valence-corrected chi connectivity index (χ4v) is 1.70. The van der Waals surface area contributed by atoms with Crippen molar-refractivity contribution < 1.29 is 9.21 Å². The van der Waals surface area contributed by atoms with Crippen molar-refractivity contribution in [3.63, 3.8) is 0 Å². The Labute approximate surface area is 82.7 Å². The van der Waals surface area contributed by atoms with Crippen molar-refractivity contribution in [2.24, 2.45) is 0 Å². The van der Waals surface area contributed by atoms with Crippen LogP contribution in [0.25, 0.3) is 0 Å². The first-order valence-corrected chi connectivity index (χ1v) is 4.90. The molecule has 0 amide bonds. The van der Waals surface area contributed by atoms with E-state index >= 15 is 0 Å². The molecule has 1 aliphatic rings. The molecule has 0 bridgehead atoms. The number of hydrogen-bond donors (Lipinski definition) is 1. The number of nitrogens with zero attached hydrogens (tertiary/aromatic N) is 1. The topological polar surface area (TPSA) is 55.1 Å². The first-order valence-electron chi connectivity index (χ1n) is 4.90. The quantitative estimate of drug-likeness (QED) is 0.776. The Morgan fingerprint density at radius 2 is 2.64 bits per heavy atom. The molecule has 4 nitrogen and oxygen atoms in total. The van der Waals surface area contributed by atoms with E-state index in [2.05, 4.69) is 10.3 Å². The van der Waals surface area contributed by atoms with E-state index in [-0.39, 0.29) is 5.78 Å². The average molecular weight is 194 g/mol. The van der Waals surface area contributed by atoms with E-state index in [1.165, 1.54) is 0 Å². The third kappa shape index (κ3) is 2.01. The predicted octanol–water partition coefficient (Wildman–Crippen LogP) is 0.883. The summed E-state index contributed by atoms with van der Waals surface area (Å²) in [5, 5.41) is 3.25. The molecule has 1 saturated heterocycles. The van der Waals surface area contributed by atoms with Gasteiger partial charge in [-0.3, -0.25) is 4.79 Å². The maximum absolute atomic E-state index is 10.8. The van der Waals surface area contributed by atoms with Crippen molar-refractivity contribution in [3.05, 3.63) is 17.8 Å². The zero-order valence-electron chi connectivity index (χ0n) is 8.25. The number of hydrogen-bond acceptors (Lipinski definition) is 4. The van der Waals surface area contributed by atoms with E-state index < -0.39 is 0 Å². The predicted molar refractivity (Wildman–Crippen MR) is 51.1 cm³/mol. The van der Waals surface area contributed by atoms with Crippen molar-refractivity contribution in [2.45, 2.75) is 25.7 Å². The Morgan fingerprint density at radius 3 is 3.29 bits per heavy atom. The lowest BCUT2D eigenvalue weighted by Gasteiger charge is -2.00. The van der Waals surface area contributed by atoms with Crippen LogP contribution in [0.5, 0.6) is 0 Å². The SMILES string of the molecule is CC(=O)Cc1cnc(C2CCNC2)o1. The van der Waals surface area contributed by atoms with Crippen LogP contribution < -0.4 is 5.32 Å². The molecule has 0 radical (unpaired) electrons. The van der Waals surface area contributed by atoms with Crippen LogP contribution >= 0.6 is 0 Å². The van der Waals surface area contributed by atoms with E-state index in [0.717, 1.165) is 25.4 Å². The van der Waals surface area contributed by atoms with Gasteiger partial charge in [0.05, 0.1) is 12.6 Å². The first-order chi connectivity index (χ1) is 6.75. The van der Waals surface area contributed by atoms with Crippen LogP contribution in [0.2, 0.25) is 0 Å². The molecule has 0 spiro atoms. The summed E-state index contributed by atoms with van der Waals surface area (Å²) >= 11 is 0. The smallest absolute Gasteiger partial charge is 0.198 e. The van der Waals surface area contributed by atoms with E-state index in [0.29, 0.717) is 18.1 Å². The third-order valence-corrected chi connectivity index (χ3v) is 2.40. The van der Waals surface area contributed by atoms with E-state index in [1.54, 1.807) is 13.1 Å². The largest absolute Gasteiger partial charge is 0.445 e. The zero-order chi connectivity index (χ0) is 9.97. The van der Waals surface area contributed by atoms with Gasteiger partial charge in [-0.05, 0) is 19.9 Å². The van der Waals surface area contributed by atoms with E-state index in [1.807, 2.05) is 0 Å². The van der Waals surface area contributed by atoms with Gasteiger partial charge < -0.3 is 9.73 Å². The van der Waals surface area contributed by atoms with E-state index in [4.69, 9.17) is 4.42 Å². The minimum absolute atomic E-state index is 0.109. The molecular formula is C10H14N2O2. The highest BCUT2D eigenvalue weighted by Gasteiger charge is 2.21. The highest BCUT2D eigenvalue weighted by molar-refractivity contribution is 5.77. The van der Waals surface area contributed by atoms with Gasteiger partial charge in [0.25, 0.3) is 0 Å². The Bertz CT molecular complexity index is 327. The van der Waals surface area contributed by atoms with Crippen molar-refractivity contribution >= 4 is 5.78 Å². The van der Waals surface area contributed by atoms with Crippen LogP contribution in [0.15, 0.2) is 10.6 Å². The first kappa shape index (κ1) is 9.40. The second kappa shape index (κ2) is 3.92. The standard InChI is InChI=1S/C10H14N2O2/c1-7(13)4-9-6-12-10(14-9)8-2-3-11-5-8/h6,8,11H,2-5H2,1H3. The van der Waals surface area contributed by atoms with Crippen LogP contribution in [-0.2, 0) is 11.2 Å². The van der Waals surface area contributed by atoms with Crippen molar-refractivity contribution in [3.8, 4) is 0 Å². The van der Waals surface area contributed by atoms with E-state index in [9.17, 15) is 4.79 Å². The van der Waals surface area contributed by atoms with Crippen LogP contribution in [-0.4, -0.2) is 23.9 Å². The number of carbonyl (C=O) groups excluding carboxylic acids is 1. The zero-order valence-corrected chi connectivity index (χ0v) is 8.25. The van der Waals surface area contributed by atoms with Crippen molar-refractivity contribution in [2.75, 3.05) is 13.1 Å². The van der Waals surface area contributed by atoms with Crippen LogP contribution in [0, 0.1) is 0 Å². The van der Waals surface area contributed by atoms with Crippen molar-refractivity contribution in [1.82, 2.24) is 10.3 Å². The third-order valence-electron chi connectivity index (χ3n) is 2.40. The van der Waals surface area contributed by atoms with Gasteiger partial charge in [-0.2, -0.15) is 0 Å². The van der Waals surface area contributed by atoms with Gasteiger partial charge in [0.15, 0.2) is 5.89 Å². The minimum atomic E-state index is 0.109. The molecular weight excluding hydrogens is 180 g/mol. The highest BCUT2D eigenvalue weighted by Crippen LogP contribution is 2.21. The molecule has 76 valence electrons. The molecule has 1 aromatic heterocycles. The number of aromatic nitrogens is 1. The van der Waals surface area contributed by atoms with Crippen molar-refractivity contribution in [1.29, 1.82) is 0 Å². The summed E-state index contributed by atoms with van der Waals surface area (Å²) in [5.74, 6) is 1.94. The van der Waals surface area contributed by atoms with Crippen LogP contribution in [0.3, 0.4) is 0 Å². The molecule has 1 unspecified atom stereocenters. The number of carbonyl (C=O) groups is 1. The molecule has 4 heteroatoms. The molecule has 1 atom stereocenters. The molecule has 1 N–H and O–H groups in total. The average Bonchev–Trinajstić information content (AvgIpc) is 2.69. The molecule has 0 aromatic carbocycles. The summed E-state index contributed by atoms with van der Waals surface area (Å²) in [6.07, 6.45) is 3.09. The lowest BCUT2D eigenvalue weighted by Crippen LogP contribution is -2.07. The normalized spacial score (nSPS) is 21.4. The monoisotopic (exact) mass is 194 g/mol. The number of ketones is 1. The second-order valence-corrected chi connectivity index (χ2v) is 3.73. The fourth-order valence-electron chi connectivity index (χ4n) is 1.70. The van der Waals surface area contributed by atoms with Gasteiger partial charge in [-0.15, -0.1) is 0 Å². The molecule has 1 aliphatic heterocycles. The molecule has 0 aliphatic carbocycles. The molecule has 2 rings (SSSR count). The minimum Gasteiger partial charge on any atom is -0.445 e. The highest BCUT2D eigenvalue weighted by atomic mass is 16.4. The Kier molecular flexibility index (Phi) is 2.63. The molecule has 0 saturated carbocycles. The maximum Gasteiger partial charge on any atom is 0.198 e. The van der Waals surface area contributed by atoms with Gasteiger partial charge in [0.1, 0.15) is 11.5 Å². The fraction of sp³-hybridized carbons (Fsp3) is 0.600. The van der Waals surface area contributed by atoms with Gasteiger partial charge in [-0.1, -0.05) is 0 Å². The summed E-state index contributed by atoms with van der Waals surface area (Å²) in [5.41, 5.74) is 0. The number of rotatable bonds is 3. The lowest BCUT2D eigenvalue weighted by atomic mass is 10.1. The lowest BCUT2D eigenvalue weighted by molar-refractivity contribution is -0.116. The molecule has 2 heterocycles. The number of nitrogens with one attached hydrogen (secondary N) is 1. The summed E-state index contributed by atoms with van der Waals surface area (Å²) < 4.78 is 5.51. The summed E-state index contributed by atoms with van der Waals surface area (Å²) in [4.78, 5) is 15.0. The van der Waals surface area contributed by atoms with Crippen LogP contribution in [0.4, 0.5) is 0 Å². The Hall–Kier alpha value is -1.16. The summed E-state index contributed by atoms with van der Waals surface area (Å²) in [6, 6.07) is 0.